The molecule has 1 aliphatic heterocycles. The van der Waals surface area contributed by atoms with Gasteiger partial charge >= 0.3 is 0 Å². The van der Waals surface area contributed by atoms with E-state index in [1.54, 1.807) is 11.0 Å². The number of amides is 2. The average molecular weight is 435 g/mol. The van der Waals surface area contributed by atoms with Crippen LogP contribution in [0.2, 0.25) is 0 Å². The molecule has 1 aliphatic rings. The maximum absolute atomic E-state index is 12.5. The lowest BCUT2D eigenvalue weighted by Gasteiger charge is -2.34. The first-order valence-electron chi connectivity index (χ1n) is 11.4. The Bertz CT molecular complexity index is 906. The molecule has 170 valence electrons. The van der Waals surface area contributed by atoms with Crippen LogP contribution in [0.1, 0.15) is 44.7 Å². The zero-order valence-electron chi connectivity index (χ0n) is 19.4. The maximum atomic E-state index is 12.5. The first-order valence-corrected chi connectivity index (χ1v) is 11.4. The maximum Gasteiger partial charge on any atom is 0.246 e. The van der Waals surface area contributed by atoms with Gasteiger partial charge in [0.2, 0.25) is 11.8 Å². The second-order valence-corrected chi connectivity index (χ2v) is 9.18. The van der Waals surface area contributed by atoms with Gasteiger partial charge < -0.3 is 14.5 Å². The van der Waals surface area contributed by atoms with Crippen LogP contribution in [0, 0.1) is 0 Å². The fraction of sp³-hybridized carbons (Fsp3) is 0.407. The second kappa shape index (κ2) is 11.0. The van der Waals surface area contributed by atoms with Crippen molar-refractivity contribution < 1.29 is 14.3 Å². The van der Waals surface area contributed by atoms with Crippen molar-refractivity contribution in [3.63, 3.8) is 0 Å². The van der Waals surface area contributed by atoms with Crippen molar-refractivity contribution in [3.8, 4) is 5.75 Å². The van der Waals surface area contributed by atoms with Crippen molar-refractivity contribution in [1.82, 2.24) is 9.80 Å². The van der Waals surface area contributed by atoms with Gasteiger partial charge in [0.1, 0.15) is 5.75 Å². The predicted octanol–water partition coefficient (Wildman–Crippen LogP) is 4.53. The Kier molecular flexibility index (Phi) is 8.09. The van der Waals surface area contributed by atoms with Gasteiger partial charge in [0.25, 0.3) is 0 Å². The number of hydrogen-bond acceptors (Lipinski definition) is 3. The van der Waals surface area contributed by atoms with Crippen molar-refractivity contribution >= 4 is 17.9 Å². The molecule has 2 amide bonds. The van der Waals surface area contributed by atoms with Crippen LogP contribution in [-0.4, -0.2) is 54.4 Å². The molecule has 0 N–H and O–H groups in total. The topological polar surface area (TPSA) is 49.9 Å². The highest BCUT2D eigenvalue weighted by Crippen LogP contribution is 2.24. The molecule has 5 nitrogen and oxygen atoms in total. The van der Waals surface area contributed by atoms with Crippen LogP contribution in [-0.2, 0) is 15.0 Å². The summed E-state index contributed by atoms with van der Waals surface area (Å²) >= 11 is 0. The van der Waals surface area contributed by atoms with Gasteiger partial charge in [-0.25, -0.2) is 0 Å². The van der Waals surface area contributed by atoms with E-state index in [1.165, 1.54) is 5.56 Å². The summed E-state index contributed by atoms with van der Waals surface area (Å²) in [6.45, 7) is 9.38. The highest BCUT2D eigenvalue weighted by molar-refractivity contribution is 5.92. The van der Waals surface area contributed by atoms with Crippen LogP contribution < -0.4 is 4.74 Å². The number of hydrogen-bond donors (Lipinski definition) is 0. The van der Waals surface area contributed by atoms with E-state index in [1.807, 2.05) is 53.4 Å². The molecule has 0 spiro atoms. The Labute approximate surface area is 191 Å². The highest BCUT2D eigenvalue weighted by atomic mass is 16.5. The number of benzene rings is 2. The van der Waals surface area contributed by atoms with Crippen molar-refractivity contribution in [2.24, 2.45) is 0 Å². The molecular weight excluding hydrogens is 400 g/mol. The van der Waals surface area contributed by atoms with E-state index in [0.717, 1.165) is 11.3 Å². The molecule has 1 fully saturated rings. The van der Waals surface area contributed by atoms with E-state index in [0.29, 0.717) is 45.6 Å². The van der Waals surface area contributed by atoms with Crippen LogP contribution >= 0.6 is 0 Å². The molecule has 3 rings (SSSR count). The average Bonchev–Trinajstić information content (AvgIpc) is 2.80. The van der Waals surface area contributed by atoms with Gasteiger partial charge in [-0.1, -0.05) is 63.2 Å². The van der Waals surface area contributed by atoms with Gasteiger partial charge in [-0.2, -0.15) is 0 Å². The van der Waals surface area contributed by atoms with E-state index in [-0.39, 0.29) is 17.2 Å². The van der Waals surface area contributed by atoms with E-state index in [4.69, 9.17) is 4.74 Å². The molecule has 0 aliphatic carbocycles. The molecule has 0 radical (unpaired) electrons. The Morgan fingerprint density at radius 2 is 1.53 bits per heavy atom. The third-order valence-electron chi connectivity index (χ3n) is 5.69. The SMILES string of the molecule is CC(C)(C)c1ccc(OCCCC(=O)N2CCN(C(=O)/C=C/c3ccccc3)CC2)cc1. The summed E-state index contributed by atoms with van der Waals surface area (Å²) in [6.07, 6.45) is 4.58. The zero-order chi connectivity index (χ0) is 23.0. The normalized spacial score (nSPS) is 14.6. The second-order valence-electron chi connectivity index (χ2n) is 9.18. The molecule has 1 saturated heterocycles. The number of nitrogens with zero attached hydrogens (tertiary/aromatic N) is 2. The molecule has 0 atom stereocenters. The molecule has 0 unspecified atom stereocenters. The summed E-state index contributed by atoms with van der Waals surface area (Å²) in [6, 6.07) is 17.9. The minimum Gasteiger partial charge on any atom is -0.494 e. The van der Waals surface area contributed by atoms with Crippen molar-refractivity contribution in [2.75, 3.05) is 32.8 Å². The lowest BCUT2D eigenvalue weighted by molar-refractivity contribution is -0.137. The molecule has 2 aromatic rings. The molecule has 5 heteroatoms. The number of ether oxygens (including phenoxy) is 1. The fourth-order valence-corrected chi connectivity index (χ4v) is 3.64. The third kappa shape index (κ3) is 6.98. The Hall–Kier alpha value is -3.08. The van der Waals surface area contributed by atoms with Crippen molar-refractivity contribution in [3.05, 3.63) is 71.8 Å². The van der Waals surface area contributed by atoms with Gasteiger partial charge in [0.15, 0.2) is 0 Å². The minimum absolute atomic E-state index is 0.00756. The summed E-state index contributed by atoms with van der Waals surface area (Å²) in [4.78, 5) is 28.5. The Balaban J connectivity index is 1.35. The quantitative estimate of drug-likeness (QED) is 0.475. The van der Waals surface area contributed by atoms with E-state index in [9.17, 15) is 9.59 Å². The van der Waals surface area contributed by atoms with Crippen LogP contribution in [0.15, 0.2) is 60.7 Å². The molecule has 0 saturated carbocycles. The molecular formula is C27H34N2O3. The largest absolute Gasteiger partial charge is 0.494 e. The predicted molar refractivity (Wildman–Crippen MR) is 129 cm³/mol. The minimum atomic E-state index is -0.00756. The number of piperazine rings is 1. The highest BCUT2D eigenvalue weighted by Gasteiger charge is 2.22. The van der Waals surface area contributed by atoms with Gasteiger partial charge in [-0.05, 0) is 41.2 Å². The Morgan fingerprint density at radius 3 is 2.16 bits per heavy atom. The van der Waals surface area contributed by atoms with E-state index >= 15 is 0 Å². The molecule has 32 heavy (non-hydrogen) atoms. The van der Waals surface area contributed by atoms with Crippen molar-refractivity contribution in [2.45, 2.75) is 39.0 Å². The van der Waals surface area contributed by atoms with Crippen LogP contribution in [0.4, 0.5) is 0 Å². The summed E-state index contributed by atoms with van der Waals surface area (Å²) in [5.74, 6) is 0.955. The smallest absolute Gasteiger partial charge is 0.246 e. The fourth-order valence-electron chi connectivity index (χ4n) is 3.64. The van der Waals surface area contributed by atoms with Gasteiger partial charge in [-0.15, -0.1) is 0 Å². The number of carbonyl (C=O) groups excluding carboxylic acids is 2. The monoisotopic (exact) mass is 434 g/mol. The molecule has 1 heterocycles. The molecule has 2 aromatic carbocycles. The lowest BCUT2D eigenvalue weighted by atomic mass is 9.87. The third-order valence-corrected chi connectivity index (χ3v) is 5.69. The van der Waals surface area contributed by atoms with Crippen LogP contribution in [0.25, 0.3) is 6.08 Å². The van der Waals surface area contributed by atoms with Gasteiger partial charge in [0, 0.05) is 38.7 Å². The van der Waals surface area contributed by atoms with Crippen molar-refractivity contribution in [1.29, 1.82) is 0 Å². The van der Waals surface area contributed by atoms with Gasteiger partial charge in [-0.3, -0.25) is 9.59 Å². The standard InChI is InChI=1S/C27H34N2O3/c1-27(2,3)23-12-14-24(15-13-23)32-21-7-10-25(30)28-17-19-29(20-18-28)26(31)16-11-22-8-5-4-6-9-22/h4-6,8-9,11-16H,7,10,17-21H2,1-3H3/b16-11+. The number of carbonyl (C=O) groups is 2. The lowest BCUT2D eigenvalue weighted by Crippen LogP contribution is -2.50. The summed E-state index contributed by atoms with van der Waals surface area (Å²) in [7, 11) is 0. The number of rotatable bonds is 7. The van der Waals surface area contributed by atoms with E-state index in [2.05, 4.69) is 32.9 Å². The van der Waals surface area contributed by atoms with E-state index < -0.39 is 0 Å². The van der Waals surface area contributed by atoms with Crippen LogP contribution in [0.5, 0.6) is 5.75 Å². The molecule has 0 aromatic heterocycles. The summed E-state index contributed by atoms with van der Waals surface area (Å²) in [5.41, 5.74) is 2.40. The molecule has 0 bridgehead atoms. The summed E-state index contributed by atoms with van der Waals surface area (Å²) < 4.78 is 5.79. The van der Waals surface area contributed by atoms with Crippen LogP contribution in [0.3, 0.4) is 0 Å². The zero-order valence-corrected chi connectivity index (χ0v) is 19.4. The first kappa shape index (κ1) is 23.6. The summed E-state index contributed by atoms with van der Waals surface area (Å²) in [5, 5.41) is 0. The van der Waals surface area contributed by atoms with Gasteiger partial charge in [0.05, 0.1) is 6.61 Å². The first-order chi connectivity index (χ1) is 15.3. The Morgan fingerprint density at radius 1 is 0.906 bits per heavy atom.